The van der Waals surface area contributed by atoms with Gasteiger partial charge in [-0.25, -0.2) is 0 Å². The van der Waals surface area contributed by atoms with Crippen LogP contribution in [0.2, 0.25) is 0 Å². The number of hydrogen-bond donors (Lipinski definition) is 1. The molecule has 2 aliphatic rings. The van der Waals surface area contributed by atoms with Gasteiger partial charge in [-0.1, -0.05) is 6.42 Å². The second-order valence-electron chi connectivity index (χ2n) is 6.01. The maximum Gasteiger partial charge on any atom is 0.306 e. The Balaban J connectivity index is 2.04. The molecule has 2 rings (SSSR count). The molecule has 2 fully saturated rings. The summed E-state index contributed by atoms with van der Waals surface area (Å²) in [5.41, 5.74) is 0. The smallest absolute Gasteiger partial charge is 0.306 e. The van der Waals surface area contributed by atoms with Crippen LogP contribution in [0.25, 0.3) is 0 Å². The van der Waals surface area contributed by atoms with E-state index >= 15 is 0 Å². The molecule has 0 spiro atoms. The average molecular weight is 271 g/mol. The first-order valence-electron chi connectivity index (χ1n) is 7.21. The number of carboxylic acid groups (broad SMARTS) is 1. The first-order valence-corrected chi connectivity index (χ1v) is 7.21. The molecule has 0 amide bonds. The zero-order valence-corrected chi connectivity index (χ0v) is 12.1. The van der Waals surface area contributed by atoms with E-state index in [2.05, 4.69) is 18.7 Å². The third kappa shape index (κ3) is 3.27. The highest BCUT2D eigenvalue weighted by Crippen LogP contribution is 2.36. The molecule has 3 atom stereocenters. The lowest BCUT2D eigenvalue weighted by Crippen LogP contribution is -2.56. The Bertz CT molecular complexity index is 333. The summed E-state index contributed by atoms with van der Waals surface area (Å²) in [6, 6.07) is 0.674. The molecule has 110 valence electrons. The van der Waals surface area contributed by atoms with Gasteiger partial charge in [0, 0.05) is 6.04 Å². The molecule has 2 saturated heterocycles. The number of hydrogen-bond acceptors (Lipinski definition) is 4. The molecule has 1 N–H and O–H groups in total. The summed E-state index contributed by atoms with van der Waals surface area (Å²) in [5.74, 6) is -1.49. The summed E-state index contributed by atoms with van der Waals surface area (Å²) in [4.78, 5) is 13.2. The summed E-state index contributed by atoms with van der Waals surface area (Å²) in [6.07, 6.45) is 3.14. The van der Waals surface area contributed by atoms with E-state index in [9.17, 15) is 4.79 Å². The SMILES string of the molecule is CC(C)N1CCCCC1C1(C)OCC(CC(=O)O)O1. The van der Waals surface area contributed by atoms with Crippen molar-refractivity contribution in [3.63, 3.8) is 0 Å². The number of carboxylic acids is 1. The quantitative estimate of drug-likeness (QED) is 0.845. The Morgan fingerprint density at radius 1 is 1.47 bits per heavy atom. The van der Waals surface area contributed by atoms with Crippen LogP contribution in [0.15, 0.2) is 0 Å². The second kappa shape index (κ2) is 5.77. The Kier molecular flexibility index (Phi) is 4.48. The van der Waals surface area contributed by atoms with Gasteiger partial charge in [-0.15, -0.1) is 0 Å². The van der Waals surface area contributed by atoms with Crippen LogP contribution in [0.3, 0.4) is 0 Å². The number of ether oxygens (including phenoxy) is 2. The van der Waals surface area contributed by atoms with E-state index in [4.69, 9.17) is 14.6 Å². The summed E-state index contributed by atoms with van der Waals surface area (Å²) in [7, 11) is 0. The number of nitrogens with zero attached hydrogens (tertiary/aromatic N) is 1. The normalized spacial score (nSPS) is 36.8. The van der Waals surface area contributed by atoms with Gasteiger partial charge in [0.2, 0.25) is 0 Å². The van der Waals surface area contributed by atoms with Crippen LogP contribution in [0.4, 0.5) is 0 Å². The molecule has 0 aromatic heterocycles. The number of carbonyl (C=O) groups is 1. The van der Waals surface area contributed by atoms with Crippen LogP contribution in [0.5, 0.6) is 0 Å². The highest BCUT2D eigenvalue weighted by Gasteiger charge is 2.47. The zero-order valence-electron chi connectivity index (χ0n) is 12.1. The van der Waals surface area contributed by atoms with E-state index in [0.717, 1.165) is 13.0 Å². The summed E-state index contributed by atoms with van der Waals surface area (Å²) >= 11 is 0. The molecule has 0 aliphatic carbocycles. The largest absolute Gasteiger partial charge is 0.481 e. The van der Waals surface area contributed by atoms with E-state index < -0.39 is 11.8 Å². The minimum atomic E-state index is -0.831. The third-order valence-corrected chi connectivity index (χ3v) is 4.17. The van der Waals surface area contributed by atoms with Crippen LogP contribution >= 0.6 is 0 Å². The van der Waals surface area contributed by atoms with E-state index in [1.54, 1.807) is 0 Å². The van der Waals surface area contributed by atoms with Crippen molar-refractivity contribution in [3.8, 4) is 0 Å². The molecule has 5 heteroatoms. The maximum atomic E-state index is 10.8. The van der Waals surface area contributed by atoms with Crippen LogP contribution in [-0.2, 0) is 14.3 Å². The zero-order chi connectivity index (χ0) is 14.0. The van der Waals surface area contributed by atoms with Gasteiger partial charge in [-0.05, 0) is 40.2 Å². The molecule has 0 saturated carbocycles. The summed E-state index contributed by atoms with van der Waals surface area (Å²) < 4.78 is 11.8. The Morgan fingerprint density at radius 2 is 2.21 bits per heavy atom. The fourth-order valence-electron chi connectivity index (χ4n) is 3.26. The predicted octanol–water partition coefficient (Wildman–Crippen LogP) is 1.86. The van der Waals surface area contributed by atoms with E-state index in [0.29, 0.717) is 12.6 Å². The highest BCUT2D eigenvalue weighted by molar-refractivity contribution is 5.67. The minimum Gasteiger partial charge on any atom is -0.481 e. The molecule has 19 heavy (non-hydrogen) atoms. The molecule has 2 aliphatic heterocycles. The van der Waals surface area contributed by atoms with Gasteiger partial charge < -0.3 is 14.6 Å². The van der Waals surface area contributed by atoms with Crippen LogP contribution in [0, 0.1) is 0 Å². The first-order chi connectivity index (χ1) is 8.92. The molecule has 2 heterocycles. The fraction of sp³-hybridized carbons (Fsp3) is 0.929. The van der Waals surface area contributed by atoms with Gasteiger partial charge in [0.15, 0.2) is 5.79 Å². The van der Waals surface area contributed by atoms with Crippen molar-refractivity contribution < 1.29 is 19.4 Å². The van der Waals surface area contributed by atoms with Crippen molar-refractivity contribution in [2.24, 2.45) is 0 Å². The van der Waals surface area contributed by atoms with Crippen LogP contribution in [0.1, 0.15) is 46.5 Å². The van der Waals surface area contributed by atoms with Gasteiger partial charge in [-0.3, -0.25) is 9.69 Å². The van der Waals surface area contributed by atoms with Gasteiger partial charge in [-0.2, -0.15) is 0 Å². The molecule has 0 aromatic carbocycles. The highest BCUT2D eigenvalue weighted by atomic mass is 16.7. The van der Waals surface area contributed by atoms with Crippen molar-refractivity contribution in [2.75, 3.05) is 13.2 Å². The minimum absolute atomic E-state index is 0.0178. The van der Waals surface area contributed by atoms with Crippen molar-refractivity contribution >= 4 is 5.97 Å². The first kappa shape index (κ1) is 14.8. The van der Waals surface area contributed by atoms with Gasteiger partial charge >= 0.3 is 5.97 Å². The summed E-state index contributed by atoms with van der Waals surface area (Å²) in [5, 5.41) is 8.85. The van der Waals surface area contributed by atoms with E-state index in [-0.39, 0.29) is 18.6 Å². The van der Waals surface area contributed by atoms with Gasteiger partial charge in [0.05, 0.1) is 25.2 Å². The number of rotatable bonds is 4. The maximum absolute atomic E-state index is 10.8. The lowest BCUT2D eigenvalue weighted by molar-refractivity contribution is -0.209. The lowest BCUT2D eigenvalue weighted by atomic mass is 9.94. The van der Waals surface area contributed by atoms with Crippen molar-refractivity contribution in [3.05, 3.63) is 0 Å². The number of piperidine rings is 1. The molecule has 3 unspecified atom stereocenters. The predicted molar refractivity (Wildman–Crippen MR) is 71.0 cm³/mol. The molecular weight excluding hydrogens is 246 g/mol. The summed E-state index contributed by atoms with van der Waals surface area (Å²) in [6.45, 7) is 7.77. The average Bonchev–Trinajstić information content (AvgIpc) is 2.71. The van der Waals surface area contributed by atoms with Gasteiger partial charge in [0.25, 0.3) is 0 Å². The Hall–Kier alpha value is -0.650. The molecular formula is C14H25NO4. The molecule has 0 aromatic rings. The van der Waals surface area contributed by atoms with Crippen LogP contribution in [-0.4, -0.2) is 53.1 Å². The van der Waals surface area contributed by atoms with Crippen LogP contribution < -0.4 is 0 Å². The molecule has 5 nitrogen and oxygen atoms in total. The lowest BCUT2D eigenvalue weighted by Gasteiger charge is -2.45. The third-order valence-electron chi connectivity index (χ3n) is 4.17. The van der Waals surface area contributed by atoms with Crippen molar-refractivity contribution in [1.82, 2.24) is 4.90 Å². The standard InChI is InChI=1S/C14H25NO4/c1-10(2)15-7-5-4-6-12(15)14(3)18-9-11(19-14)8-13(16)17/h10-12H,4-9H2,1-3H3,(H,16,17). The molecule has 0 bridgehead atoms. The van der Waals surface area contributed by atoms with E-state index in [1.165, 1.54) is 12.8 Å². The van der Waals surface area contributed by atoms with Crippen molar-refractivity contribution in [1.29, 1.82) is 0 Å². The van der Waals surface area contributed by atoms with Crippen molar-refractivity contribution in [2.45, 2.75) is 70.4 Å². The fourth-order valence-corrected chi connectivity index (χ4v) is 3.26. The Morgan fingerprint density at radius 3 is 2.84 bits per heavy atom. The number of likely N-dealkylation sites (tertiary alicyclic amines) is 1. The number of aliphatic carboxylic acids is 1. The topological polar surface area (TPSA) is 59.0 Å². The molecule has 0 radical (unpaired) electrons. The monoisotopic (exact) mass is 271 g/mol. The van der Waals surface area contributed by atoms with Gasteiger partial charge in [0.1, 0.15) is 0 Å². The second-order valence-corrected chi connectivity index (χ2v) is 6.01. The van der Waals surface area contributed by atoms with E-state index in [1.807, 2.05) is 6.92 Å². The Labute approximate surface area is 114 Å².